The van der Waals surface area contributed by atoms with Gasteiger partial charge in [-0.1, -0.05) is 35.3 Å². The van der Waals surface area contributed by atoms with Gasteiger partial charge in [-0.25, -0.2) is 0 Å². The Labute approximate surface area is 121 Å². The number of hydrogen-bond donors (Lipinski definition) is 2. The first kappa shape index (κ1) is 13.8. The highest BCUT2D eigenvalue weighted by Gasteiger charge is 2.13. The van der Waals surface area contributed by atoms with E-state index in [0.717, 1.165) is 26.9 Å². The van der Waals surface area contributed by atoms with Crippen LogP contribution in [-0.4, -0.2) is 0 Å². The Morgan fingerprint density at radius 2 is 2.06 bits per heavy atom. The lowest BCUT2D eigenvalue weighted by Crippen LogP contribution is -2.29. The van der Waals surface area contributed by atoms with E-state index in [9.17, 15) is 0 Å². The van der Waals surface area contributed by atoms with E-state index in [2.05, 4.69) is 5.43 Å². The van der Waals surface area contributed by atoms with E-state index in [1.807, 2.05) is 37.3 Å². The Morgan fingerprint density at radius 1 is 1.28 bits per heavy atom. The molecule has 1 atom stereocenters. The zero-order valence-corrected chi connectivity index (χ0v) is 12.2. The fourth-order valence-corrected chi connectivity index (χ4v) is 3.08. The first-order valence-corrected chi connectivity index (χ1v) is 7.14. The maximum atomic E-state index is 6.13. The van der Waals surface area contributed by atoms with E-state index in [1.165, 1.54) is 4.88 Å². The topological polar surface area (TPSA) is 38.0 Å². The Hall–Kier alpha value is -0.580. The molecule has 0 aliphatic heterocycles. The van der Waals surface area contributed by atoms with E-state index >= 15 is 0 Å². The first-order valence-electron chi connectivity index (χ1n) is 5.56. The molecule has 1 aromatic heterocycles. The molecule has 0 aliphatic carbocycles. The number of hydrogen-bond acceptors (Lipinski definition) is 3. The molecule has 0 aliphatic rings. The van der Waals surface area contributed by atoms with Gasteiger partial charge in [-0.05, 0) is 36.2 Å². The Morgan fingerprint density at radius 3 is 2.61 bits per heavy atom. The van der Waals surface area contributed by atoms with Gasteiger partial charge in [-0.2, -0.15) is 0 Å². The van der Waals surface area contributed by atoms with Gasteiger partial charge in [0.05, 0.1) is 10.4 Å². The van der Waals surface area contributed by atoms with Crippen LogP contribution in [0.4, 0.5) is 0 Å². The molecule has 0 spiro atoms. The second-order valence-corrected chi connectivity index (χ2v) is 6.34. The van der Waals surface area contributed by atoms with E-state index in [1.54, 1.807) is 11.3 Å². The van der Waals surface area contributed by atoms with Gasteiger partial charge in [0.15, 0.2) is 0 Å². The average molecular weight is 301 g/mol. The molecule has 0 saturated carbocycles. The third-order valence-corrected chi connectivity index (χ3v) is 4.49. The number of thiophene rings is 1. The number of halogens is 2. The Kier molecular flexibility index (Phi) is 4.65. The van der Waals surface area contributed by atoms with E-state index < -0.39 is 0 Å². The SMILES string of the molecule is Cc1ccc(C(Cc2ccc(Cl)s2)NN)cc1Cl. The van der Waals surface area contributed by atoms with Crippen molar-refractivity contribution in [3.05, 3.63) is 55.7 Å². The van der Waals surface area contributed by atoms with E-state index in [-0.39, 0.29) is 6.04 Å². The number of benzene rings is 1. The summed E-state index contributed by atoms with van der Waals surface area (Å²) in [7, 11) is 0. The van der Waals surface area contributed by atoms with Crippen molar-refractivity contribution in [2.24, 2.45) is 5.84 Å². The molecular weight excluding hydrogens is 287 g/mol. The van der Waals surface area contributed by atoms with Crippen molar-refractivity contribution in [3.8, 4) is 0 Å². The highest BCUT2D eigenvalue weighted by Crippen LogP contribution is 2.28. The van der Waals surface area contributed by atoms with Crippen molar-refractivity contribution in [2.75, 3.05) is 0 Å². The molecule has 1 unspecified atom stereocenters. The Balaban J connectivity index is 2.19. The lowest BCUT2D eigenvalue weighted by molar-refractivity contribution is 0.555. The Bertz CT molecular complexity index is 540. The number of rotatable bonds is 4. The monoisotopic (exact) mass is 300 g/mol. The predicted molar refractivity (Wildman–Crippen MR) is 79.3 cm³/mol. The van der Waals surface area contributed by atoms with Crippen molar-refractivity contribution in [1.29, 1.82) is 0 Å². The molecule has 0 bridgehead atoms. The highest BCUT2D eigenvalue weighted by atomic mass is 35.5. The van der Waals surface area contributed by atoms with Gasteiger partial charge in [0, 0.05) is 16.3 Å². The summed E-state index contributed by atoms with van der Waals surface area (Å²) in [6, 6.07) is 9.96. The summed E-state index contributed by atoms with van der Waals surface area (Å²) in [4.78, 5) is 1.19. The van der Waals surface area contributed by atoms with Crippen LogP contribution in [0.5, 0.6) is 0 Å². The second kappa shape index (κ2) is 6.04. The lowest BCUT2D eigenvalue weighted by Gasteiger charge is -2.16. The van der Waals surface area contributed by atoms with Gasteiger partial charge in [-0.15, -0.1) is 11.3 Å². The quantitative estimate of drug-likeness (QED) is 0.659. The molecule has 0 fully saturated rings. The van der Waals surface area contributed by atoms with Crippen LogP contribution in [0.2, 0.25) is 9.36 Å². The molecule has 2 nitrogen and oxygen atoms in total. The van der Waals surface area contributed by atoms with Crippen LogP contribution < -0.4 is 11.3 Å². The van der Waals surface area contributed by atoms with Gasteiger partial charge >= 0.3 is 0 Å². The molecular formula is C13H14Cl2N2S. The standard InChI is InChI=1S/C13H14Cl2N2S/c1-8-2-3-9(6-11(8)14)12(17-16)7-10-4-5-13(15)18-10/h2-6,12,17H,7,16H2,1H3. The largest absolute Gasteiger partial charge is 0.271 e. The molecule has 5 heteroatoms. The summed E-state index contributed by atoms with van der Waals surface area (Å²) < 4.78 is 0.794. The number of nitrogens with two attached hydrogens (primary N) is 1. The summed E-state index contributed by atoms with van der Waals surface area (Å²) in [5, 5.41) is 0.761. The molecule has 0 saturated heterocycles. The third kappa shape index (κ3) is 3.25. The number of hydrazine groups is 1. The molecule has 96 valence electrons. The normalized spacial score (nSPS) is 12.7. The van der Waals surface area contributed by atoms with Gasteiger partial charge in [0.2, 0.25) is 0 Å². The highest BCUT2D eigenvalue weighted by molar-refractivity contribution is 7.16. The zero-order valence-electron chi connectivity index (χ0n) is 9.91. The summed E-state index contributed by atoms with van der Waals surface area (Å²) in [5.74, 6) is 5.63. The molecule has 1 heterocycles. The maximum absolute atomic E-state index is 6.13. The third-order valence-electron chi connectivity index (χ3n) is 2.83. The van der Waals surface area contributed by atoms with Gasteiger partial charge in [-0.3, -0.25) is 11.3 Å². The van der Waals surface area contributed by atoms with Gasteiger partial charge in [0.1, 0.15) is 0 Å². The van der Waals surface area contributed by atoms with Crippen LogP contribution in [0.25, 0.3) is 0 Å². The smallest absolute Gasteiger partial charge is 0.0931 e. The zero-order chi connectivity index (χ0) is 13.1. The summed E-state index contributed by atoms with van der Waals surface area (Å²) in [6.45, 7) is 1.98. The van der Waals surface area contributed by atoms with E-state index in [0.29, 0.717) is 0 Å². The predicted octanol–water partition coefficient (Wildman–Crippen LogP) is 4.11. The van der Waals surface area contributed by atoms with E-state index in [4.69, 9.17) is 29.0 Å². The van der Waals surface area contributed by atoms with Gasteiger partial charge in [0.25, 0.3) is 0 Å². The average Bonchev–Trinajstić information content (AvgIpc) is 2.75. The summed E-state index contributed by atoms with van der Waals surface area (Å²) >= 11 is 13.6. The summed E-state index contributed by atoms with van der Waals surface area (Å²) in [6.07, 6.45) is 0.799. The fourth-order valence-electron chi connectivity index (χ4n) is 1.76. The molecule has 1 aromatic carbocycles. The molecule has 3 N–H and O–H groups in total. The van der Waals surface area contributed by atoms with Crippen LogP contribution in [0.3, 0.4) is 0 Å². The number of aryl methyl sites for hydroxylation is 1. The van der Waals surface area contributed by atoms with Crippen molar-refractivity contribution in [1.82, 2.24) is 5.43 Å². The fraction of sp³-hybridized carbons (Fsp3) is 0.231. The van der Waals surface area contributed by atoms with Crippen LogP contribution >= 0.6 is 34.5 Å². The van der Waals surface area contributed by atoms with Crippen LogP contribution in [0.1, 0.15) is 22.0 Å². The minimum absolute atomic E-state index is 0.0396. The minimum Gasteiger partial charge on any atom is -0.271 e. The summed E-state index contributed by atoms with van der Waals surface area (Å²) in [5.41, 5.74) is 4.97. The molecule has 0 amide bonds. The molecule has 2 rings (SSSR count). The minimum atomic E-state index is 0.0396. The molecule has 0 radical (unpaired) electrons. The van der Waals surface area contributed by atoms with Gasteiger partial charge < -0.3 is 0 Å². The van der Waals surface area contributed by atoms with Crippen molar-refractivity contribution in [2.45, 2.75) is 19.4 Å². The van der Waals surface area contributed by atoms with Crippen molar-refractivity contribution >= 4 is 34.5 Å². The maximum Gasteiger partial charge on any atom is 0.0931 e. The molecule has 2 aromatic rings. The van der Waals surface area contributed by atoms with Crippen LogP contribution in [0, 0.1) is 6.92 Å². The van der Waals surface area contributed by atoms with Crippen LogP contribution in [-0.2, 0) is 6.42 Å². The number of nitrogens with one attached hydrogen (secondary N) is 1. The first-order chi connectivity index (χ1) is 8.60. The lowest BCUT2D eigenvalue weighted by atomic mass is 10.0. The van der Waals surface area contributed by atoms with Crippen molar-refractivity contribution in [3.63, 3.8) is 0 Å². The van der Waals surface area contributed by atoms with Crippen LogP contribution in [0.15, 0.2) is 30.3 Å². The molecule has 18 heavy (non-hydrogen) atoms. The van der Waals surface area contributed by atoms with Crippen molar-refractivity contribution < 1.29 is 0 Å². The second-order valence-electron chi connectivity index (χ2n) is 4.14.